The van der Waals surface area contributed by atoms with Crippen LogP contribution in [0.4, 0.5) is 11.4 Å². The van der Waals surface area contributed by atoms with Crippen molar-refractivity contribution in [1.82, 2.24) is 10.3 Å². The van der Waals surface area contributed by atoms with Gasteiger partial charge in [-0.15, -0.1) is 0 Å². The van der Waals surface area contributed by atoms with Gasteiger partial charge in [0.15, 0.2) is 0 Å². The first-order valence-electron chi connectivity index (χ1n) is 9.16. The summed E-state index contributed by atoms with van der Waals surface area (Å²) >= 11 is 1.88. The number of pyridine rings is 1. The number of amides is 2. The van der Waals surface area contributed by atoms with Crippen molar-refractivity contribution in [2.24, 2.45) is 0 Å². The lowest BCUT2D eigenvalue weighted by Crippen LogP contribution is -2.39. The van der Waals surface area contributed by atoms with Crippen molar-refractivity contribution < 1.29 is 9.59 Å². The zero-order valence-electron chi connectivity index (χ0n) is 15.0. The molecule has 27 heavy (non-hydrogen) atoms. The predicted molar refractivity (Wildman–Crippen MR) is 108 cm³/mol. The Morgan fingerprint density at radius 3 is 3.04 bits per heavy atom. The van der Waals surface area contributed by atoms with Gasteiger partial charge in [0.1, 0.15) is 0 Å². The first-order chi connectivity index (χ1) is 13.2. The molecule has 2 aliphatic rings. The molecule has 1 saturated heterocycles. The lowest BCUT2D eigenvalue weighted by Gasteiger charge is -2.22. The van der Waals surface area contributed by atoms with Crippen LogP contribution in [0.25, 0.3) is 0 Å². The molecule has 0 saturated carbocycles. The van der Waals surface area contributed by atoms with Crippen LogP contribution in [0.3, 0.4) is 0 Å². The summed E-state index contributed by atoms with van der Waals surface area (Å²) in [6.45, 7) is 1.60. The number of fused-ring (bicyclic) bond motifs is 1. The Bertz CT molecular complexity index is 837. The number of carbonyl (C=O) groups is 2. The van der Waals surface area contributed by atoms with Gasteiger partial charge in [0.25, 0.3) is 5.91 Å². The molecule has 1 atom stereocenters. The molecule has 1 unspecified atom stereocenters. The molecule has 2 aliphatic heterocycles. The monoisotopic (exact) mass is 382 g/mol. The van der Waals surface area contributed by atoms with Gasteiger partial charge in [-0.05, 0) is 42.3 Å². The normalized spacial score (nSPS) is 18.8. The number of carbonyl (C=O) groups excluding carboxylic acids is 2. The minimum absolute atomic E-state index is 0.0243. The summed E-state index contributed by atoms with van der Waals surface area (Å²) in [5.41, 5.74) is 3.36. The Hall–Kier alpha value is -2.38. The SMILES string of the molecule is O=C(CC1CSCCN1)Nc1ccc2c(c1)CCN2C(=O)c1cccnc1. The largest absolute Gasteiger partial charge is 0.326 e. The van der Waals surface area contributed by atoms with Gasteiger partial charge in [0.2, 0.25) is 5.91 Å². The van der Waals surface area contributed by atoms with Crippen molar-refractivity contribution in [2.75, 3.05) is 34.8 Å². The summed E-state index contributed by atoms with van der Waals surface area (Å²) in [4.78, 5) is 30.8. The molecule has 6 nitrogen and oxygen atoms in total. The molecule has 1 fully saturated rings. The highest BCUT2D eigenvalue weighted by atomic mass is 32.2. The van der Waals surface area contributed by atoms with E-state index in [1.807, 2.05) is 30.0 Å². The van der Waals surface area contributed by atoms with Gasteiger partial charge in [-0.25, -0.2) is 0 Å². The molecule has 0 bridgehead atoms. The molecule has 2 aromatic rings. The third-order valence-corrected chi connectivity index (χ3v) is 5.97. The summed E-state index contributed by atoms with van der Waals surface area (Å²) in [6.07, 6.45) is 4.51. The molecule has 4 rings (SSSR count). The highest BCUT2D eigenvalue weighted by Crippen LogP contribution is 2.31. The second-order valence-corrected chi connectivity index (χ2v) is 7.92. The number of nitrogens with zero attached hydrogens (tertiary/aromatic N) is 2. The van der Waals surface area contributed by atoms with Crippen LogP contribution >= 0.6 is 11.8 Å². The number of hydrogen-bond acceptors (Lipinski definition) is 5. The molecular formula is C20H22N4O2S. The Morgan fingerprint density at radius 2 is 2.26 bits per heavy atom. The van der Waals surface area contributed by atoms with E-state index < -0.39 is 0 Å². The number of thioether (sulfide) groups is 1. The van der Waals surface area contributed by atoms with Gasteiger partial charge in [0.05, 0.1) is 5.56 Å². The first kappa shape index (κ1) is 18.0. The number of anilines is 2. The second-order valence-electron chi connectivity index (χ2n) is 6.77. The first-order valence-corrected chi connectivity index (χ1v) is 10.3. The number of aromatic nitrogens is 1. The fourth-order valence-corrected chi connectivity index (χ4v) is 4.47. The Kier molecular flexibility index (Phi) is 5.40. The minimum atomic E-state index is -0.0421. The maximum absolute atomic E-state index is 12.7. The number of hydrogen-bond donors (Lipinski definition) is 2. The van der Waals surface area contributed by atoms with E-state index in [0.717, 1.165) is 41.4 Å². The smallest absolute Gasteiger partial charge is 0.259 e. The van der Waals surface area contributed by atoms with E-state index >= 15 is 0 Å². The molecule has 0 aliphatic carbocycles. The third-order valence-electron chi connectivity index (χ3n) is 4.84. The van der Waals surface area contributed by atoms with Gasteiger partial charge < -0.3 is 15.5 Å². The maximum atomic E-state index is 12.7. The Morgan fingerprint density at radius 1 is 1.33 bits per heavy atom. The molecule has 0 spiro atoms. The fraction of sp³-hybridized carbons (Fsp3) is 0.350. The average Bonchev–Trinajstić information content (AvgIpc) is 3.12. The van der Waals surface area contributed by atoms with Crippen molar-refractivity contribution in [3.63, 3.8) is 0 Å². The molecule has 140 valence electrons. The van der Waals surface area contributed by atoms with E-state index in [1.165, 1.54) is 0 Å². The number of rotatable bonds is 4. The van der Waals surface area contributed by atoms with E-state index in [-0.39, 0.29) is 17.9 Å². The maximum Gasteiger partial charge on any atom is 0.259 e. The Labute approximate surface area is 162 Å². The van der Waals surface area contributed by atoms with Crippen molar-refractivity contribution in [2.45, 2.75) is 18.9 Å². The van der Waals surface area contributed by atoms with Gasteiger partial charge in [-0.1, -0.05) is 0 Å². The van der Waals surface area contributed by atoms with Crippen LogP contribution in [0, 0.1) is 0 Å². The topological polar surface area (TPSA) is 74.3 Å². The Balaban J connectivity index is 1.42. The van der Waals surface area contributed by atoms with Gasteiger partial charge in [0, 0.05) is 60.8 Å². The quantitative estimate of drug-likeness (QED) is 0.849. The average molecular weight is 382 g/mol. The van der Waals surface area contributed by atoms with Crippen molar-refractivity contribution >= 4 is 35.0 Å². The van der Waals surface area contributed by atoms with Gasteiger partial charge >= 0.3 is 0 Å². The van der Waals surface area contributed by atoms with Crippen LogP contribution in [0.2, 0.25) is 0 Å². The van der Waals surface area contributed by atoms with E-state index in [0.29, 0.717) is 18.5 Å². The number of benzene rings is 1. The van der Waals surface area contributed by atoms with E-state index in [1.54, 1.807) is 29.4 Å². The lowest BCUT2D eigenvalue weighted by atomic mass is 10.1. The van der Waals surface area contributed by atoms with E-state index in [9.17, 15) is 9.59 Å². The highest BCUT2D eigenvalue weighted by molar-refractivity contribution is 7.99. The standard InChI is InChI=1S/C20H22N4O2S/c25-19(11-17-13-27-9-7-22-17)23-16-3-4-18-14(10-16)5-8-24(18)20(26)15-2-1-6-21-12-15/h1-4,6,10,12,17,22H,5,7-9,11,13H2,(H,23,25). The molecule has 2 N–H and O–H groups in total. The van der Waals surface area contributed by atoms with Crippen LogP contribution < -0.4 is 15.5 Å². The van der Waals surface area contributed by atoms with Crippen LogP contribution in [-0.4, -0.2) is 47.4 Å². The summed E-state index contributed by atoms with van der Waals surface area (Å²) < 4.78 is 0. The molecular weight excluding hydrogens is 360 g/mol. The van der Waals surface area contributed by atoms with E-state index in [4.69, 9.17) is 0 Å². The summed E-state index contributed by atoms with van der Waals surface area (Å²) in [7, 11) is 0. The van der Waals surface area contributed by atoms with Crippen LogP contribution in [0.1, 0.15) is 22.3 Å². The summed E-state index contributed by atoms with van der Waals surface area (Å²) in [5, 5.41) is 6.37. The molecule has 0 radical (unpaired) electrons. The van der Waals surface area contributed by atoms with Crippen molar-refractivity contribution in [3.8, 4) is 0 Å². The predicted octanol–water partition coefficient (Wildman–Crippen LogP) is 2.32. The van der Waals surface area contributed by atoms with Crippen molar-refractivity contribution in [3.05, 3.63) is 53.9 Å². The summed E-state index contributed by atoms with van der Waals surface area (Å²) in [5.74, 6) is 2.07. The second kappa shape index (κ2) is 8.10. The van der Waals surface area contributed by atoms with Gasteiger partial charge in [-0.2, -0.15) is 11.8 Å². The molecule has 2 amide bonds. The third kappa shape index (κ3) is 4.14. The molecule has 3 heterocycles. The minimum Gasteiger partial charge on any atom is -0.326 e. The van der Waals surface area contributed by atoms with E-state index in [2.05, 4.69) is 15.6 Å². The molecule has 1 aromatic carbocycles. The van der Waals surface area contributed by atoms with Crippen molar-refractivity contribution in [1.29, 1.82) is 0 Å². The lowest BCUT2D eigenvalue weighted by molar-refractivity contribution is -0.116. The zero-order chi connectivity index (χ0) is 18.6. The van der Waals surface area contributed by atoms with Crippen LogP contribution in [-0.2, 0) is 11.2 Å². The van der Waals surface area contributed by atoms with Gasteiger partial charge in [-0.3, -0.25) is 14.6 Å². The van der Waals surface area contributed by atoms with Crippen LogP contribution in [0.5, 0.6) is 0 Å². The number of nitrogens with one attached hydrogen (secondary N) is 2. The van der Waals surface area contributed by atoms with Crippen LogP contribution in [0.15, 0.2) is 42.7 Å². The fourth-order valence-electron chi connectivity index (χ4n) is 3.52. The summed E-state index contributed by atoms with van der Waals surface area (Å²) in [6, 6.07) is 9.55. The zero-order valence-corrected chi connectivity index (χ0v) is 15.8. The highest BCUT2D eigenvalue weighted by Gasteiger charge is 2.26. The molecule has 1 aromatic heterocycles. The molecule has 7 heteroatoms.